The monoisotopic (exact) mass is 310 g/mol. The van der Waals surface area contributed by atoms with Crippen molar-refractivity contribution in [1.82, 2.24) is 5.32 Å². The van der Waals surface area contributed by atoms with Gasteiger partial charge in [0.2, 0.25) is 0 Å². The third-order valence-corrected chi connectivity index (χ3v) is 3.37. The Morgan fingerprint density at radius 1 is 1.28 bits per heavy atom. The predicted octanol–water partition coefficient (Wildman–Crippen LogP) is 3.24. The van der Waals surface area contributed by atoms with Crippen LogP contribution in [-0.2, 0) is 13.1 Å². The summed E-state index contributed by atoms with van der Waals surface area (Å²) >= 11 is 3.26. The summed E-state index contributed by atoms with van der Waals surface area (Å²) in [6.07, 6.45) is 1.61. The van der Waals surface area contributed by atoms with Gasteiger partial charge in [0.15, 0.2) is 0 Å². The molecular weight excluding hydrogens is 300 g/mol. The van der Waals surface area contributed by atoms with E-state index >= 15 is 0 Å². The number of halogens is 1. The molecule has 0 aliphatic heterocycles. The average molecular weight is 311 g/mol. The maximum atomic E-state index is 10.8. The Morgan fingerprint density at radius 3 is 2.78 bits per heavy atom. The van der Waals surface area contributed by atoms with Gasteiger partial charge >= 0.3 is 0 Å². The van der Waals surface area contributed by atoms with Gasteiger partial charge in [-0.3, -0.25) is 10.1 Å². The lowest BCUT2D eigenvalue weighted by Gasteiger charge is -2.05. The van der Waals surface area contributed by atoms with E-state index in [9.17, 15) is 10.1 Å². The number of nitrogens with zero attached hydrogens (tertiary/aromatic N) is 1. The lowest BCUT2D eigenvalue weighted by molar-refractivity contribution is -0.385. The Morgan fingerprint density at radius 2 is 2.11 bits per heavy atom. The van der Waals surface area contributed by atoms with Crippen LogP contribution in [0.15, 0.2) is 45.5 Å². The highest BCUT2D eigenvalue weighted by atomic mass is 79.9. The van der Waals surface area contributed by atoms with E-state index in [2.05, 4.69) is 21.2 Å². The smallest absolute Gasteiger partial charge is 0.283 e. The first-order chi connectivity index (χ1) is 8.68. The quantitative estimate of drug-likeness (QED) is 0.680. The molecular formula is C12H11BrN2O3. The van der Waals surface area contributed by atoms with Crippen molar-refractivity contribution in [2.45, 2.75) is 13.1 Å². The third kappa shape index (κ3) is 2.96. The molecule has 1 N–H and O–H groups in total. The molecule has 1 aromatic carbocycles. The summed E-state index contributed by atoms with van der Waals surface area (Å²) in [7, 11) is 0. The van der Waals surface area contributed by atoms with Crippen molar-refractivity contribution >= 4 is 21.6 Å². The molecule has 0 aliphatic carbocycles. The molecule has 0 atom stereocenters. The molecule has 0 amide bonds. The van der Waals surface area contributed by atoms with Crippen LogP contribution in [0.1, 0.15) is 11.3 Å². The second-order valence-corrected chi connectivity index (χ2v) is 4.48. The Kier molecular flexibility index (Phi) is 4.11. The molecule has 1 heterocycles. The number of hydrogen-bond donors (Lipinski definition) is 1. The summed E-state index contributed by atoms with van der Waals surface area (Å²) in [5, 5.41) is 13.9. The minimum absolute atomic E-state index is 0.0762. The van der Waals surface area contributed by atoms with Crippen molar-refractivity contribution in [3.8, 4) is 0 Å². The van der Waals surface area contributed by atoms with Gasteiger partial charge in [-0.2, -0.15) is 0 Å². The fourth-order valence-corrected chi connectivity index (χ4v) is 2.13. The minimum Gasteiger partial charge on any atom is -0.468 e. The largest absolute Gasteiger partial charge is 0.468 e. The molecule has 0 saturated carbocycles. The number of furan rings is 1. The number of benzene rings is 1. The van der Waals surface area contributed by atoms with Gasteiger partial charge in [-0.15, -0.1) is 0 Å². The molecule has 2 rings (SSSR count). The van der Waals surface area contributed by atoms with Crippen LogP contribution < -0.4 is 5.32 Å². The van der Waals surface area contributed by atoms with Crippen molar-refractivity contribution in [1.29, 1.82) is 0 Å². The van der Waals surface area contributed by atoms with Crippen molar-refractivity contribution < 1.29 is 9.34 Å². The highest BCUT2D eigenvalue weighted by Gasteiger charge is 2.14. The Labute approximate surface area is 112 Å². The zero-order valence-electron chi connectivity index (χ0n) is 9.43. The highest BCUT2D eigenvalue weighted by Crippen LogP contribution is 2.28. The van der Waals surface area contributed by atoms with Crippen LogP contribution in [-0.4, -0.2) is 4.92 Å². The molecule has 6 heteroatoms. The first kappa shape index (κ1) is 12.8. The summed E-state index contributed by atoms with van der Waals surface area (Å²) in [5.74, 6) is 0.830. The van der Waals surface area contributed by atoms with E-state index in [0.29, 0.717) is 17.6 Å². The molecule has 0 fully saturated rings. The molecule has 0 bridgehead atoms. The molecule has 1 aromatic heterocycles. The van der Waals surface area contributed by atoms with E-state index in [1.165, 1.54) is 6.07 Å². The molecule has 5 nitrogen and oxygen atoms in total. The first-order valence-electron chi connectivity index (χ1n) is 5.33. The maximum Gasteiger partial charge on any atom is 0.283 e. The van der Waals surface area contributed by atoms with E-state index in [1.54, 1.807) is 12.3 Å². The Bertz CT molecular complexity index is 540. The zero-order valence-corrected chi connectivity index (χ0v) is 11.0. The van der Waals surface area contributed by atoms with E-state index in [1.807, 2.05) is 18.2 Å². The number of hydrogen-bond acceptors (Lipinski definition) is 4. The van der Waals surface area contributed by atoms with Crippen molar-refractivity contribution in [3.63, 3.8) is 0 Å². The van der Waals surface area contributed by atoms with Gasteiger partial charge in [0.25, 0.3) is 5.69 Å². The Balaban J connectivity index is 2.01. The number of nitrogens with one attached hydrogen (secondary N) is 1. The first-order valence-corrected chi connectivity index (χ1v) is 6.12. The van der Waals surface area contributed by atoms with Gasteiger partial charge < -0.3 is 9.73 Å². The summed E-state index contributed by atoms with van der Waals surface area (Å²) in [6.45, 7) is 1.12. The van der Waals surface area contributed by atoms with Crippen LogP contribution in [0.4, 0.5) is 5.69 Å². The second kappa shape index (κ2) is 5.79. The van der Waals surface area contributed by atoms with E-state index < -0.39 is 4.92 Å². The maximum absolute atomic E-state index is 10.8. The molecule has 18 heavy (non-hydrogen) atoms. The topological polar surface area (TPSA) is 68.3 Å². The number of nitro benzene ring substituents is 1. The average Bonchev–Trinajstić information content (AvgIpc) is 2.84. The highest BCUT2D eigenvalue weighted by molar-refractivity contribution is 9.10. The number of nitro groups is 1. The second-order valence-electron chi connectivity index (χ2n) is 3.69. The van der Waals surface area contributed by atoms with Crippen LogP contribution in [0.3, 0.4) is 0 Å². The fourth-order valence-electron chi connectivity index (χ4n) is 1.58. The summed E-state index contributed by atoms with van der Waals surface area (Å²) in [4.78, 5) is 10.4. The lowest BCUT2D eigenvalue weighted by atomic mass is 10.2. The Hall–Kier alpha value is -1.66. The third-order valence-electron chi connectivity index (χ3n) is 2.45. The van der Waals surface area contributed by atoms with Crippen molar-refractivity contribution in [2.75, 3.05) is 0 Å². The molecule has 94 valence electrons. The van der Waals surface area contributed by atoms with Gasteiger partial charge in [0.1, 0.15) is 5.76 Å². The molecule has 0 spiro atoms. The van der Waals surface area contributed by atoms with E-state index in [0.717, 1.165) is 11.3 Å². The van der Waals surface area contributed by atoms with Gasteiger partial charge in [0.05, 0.1) is 22.2 Å². The zero-order chi connectivity index (χ0) is 13.0. The molecule has 0 unspecified atom stereocenters. The van der Waals surface area contributed by atoms with Crippen LogP contribution in [0.25, 0.3) is 0 Å². The van der Waals surface area contributed by atoms with Crippen LogP contribution in [0.2, 0.25) is 0 Å². The van der Waals surface area contributed by atoms with E-state index in [4.69, 9.17) is 4.42 Å². The lowest BCUT2D eigenvalue weighted by Crippen LogP contribution is -2.12. The summed E-state index contributed by atoms with van der Waals surface area (Å²) in [6, 6.07) is 8.68. The SMILES string of the molecule is O=[N+]([O-])c1cccc(CNCc2ccco2)c1Br. The van der Waals surface area contributed by atoms with Gasteiger partial charge in [-0.05, 0) is 33.6 Å². The summed E-state index contributed by atoms with van der Waals surface area (Å²) < 4.78 is 5.70. The predicted molar refractivity (Wildman–Crippen MR) is 70.0 cm³/mol. The van der Waals surface area contributed by atoms with Crippen LogP contribution in [0, 0.1) is 10.1 Å². The number of rotatable bonds is 5. The molecule has 0 aliphatic rings. The van der Waals surface area contributed by atoms with Gasteiger partial charge in [-0.1, -0.05) is 12.1 Å². The molecule has 0 radical (unpaired) electrons. The normalized spacial score (nSPS) is 10.5. The standard InChI is InChI=1S/C12H11BrN2O3/c13-12-9(3-1-5-11(12)15(16)17)7-14-8-10-4-2-6-18-10/h1-6,14H,7-8H2. The van der Waals surface area contributed by atoms with Crippen LogP contribution in [0.5, 0.6) is 0 Å². The van der Waals surface area contributed by atoms with Gasteiger partial charge in [-0.25, -0.2) is 0 Å². The van der Waals surface area contributed by atoms with E-state index in [-0.39, 0.29) is 5.69 Å². The fraction of sp³-hybridized carbons (Fsp3) is 0.167. The minimum atomic E-state index is -0.403. The summed E-state index contributed by atoms with van der Waals surface area (Å²) in [5.41, 5.74) is 0.919. The molecule has 0 saturated heterocycles. The molecule has 2 aromatic rings. The van der Waals surface area contributed by atoms with Gasteiger partial charge in [0, 0.05) is 12.6 Å². The van der Waals surface area contributed by atoms with Crippen molar-refractivity contribution in [2.24, 2.45) is 0 Å². The van der Waals surface area contributed by atoms with Crippen LogP contribution >= 0.6 is 15.9 Å². The van der Waals surface area contributed by atoms with Crippen molar-refractivity contribution in [3.05, 3.63) is 62.5 Å².